The maximum Gasteiger partial charge on any atom is 0.150 e. The number of aliphatic hydroxyl groups is 1. The number of rotatable bonds is 2. The SMILES string of the molecule is O=S1(=O)CCC(C(O)c2cccc3ccncc23)C1. The first-order valence-electron chi connectivity index (χ1n) is 6.28. The predicted octanol–water partition coefficient (Wildman–Crippen LogP) is 1.70. The highest BCUT2D eigenvalue weighted by molar-refractivity contribution is 7.91. The Morgan fingerprint density at radius 3 is 2.89 bits per heavy atom. The first kappa shape index (κ1) is 12.6. The fourth-order valence-corrected chi connectivity index (χ4v) is 4.55. The summed E-state index contributed by atoms with van der Waals surface area (Å²) >= 11 is 0. The first-order chi connectivity index (χ1) is 9.07. The summed E-state index contributed by atoms with van der Waals surface area (Å²) in [6.45, 7) is 0. The van der Waals surface area contributed by atoms with Crippen molar-refractivity contribution in [2.24, 2.45) is 5.92 Å². The predicted molar refractivity (Wildman–Crippen MR) is 73.5 cm³/mol. The van der Waals surface area contributed by atoms with Crippen LogP contribution in [0.15, 0.2) is 36.7 Å². The van der Waals surface area contributed by atoms with E-state index in [1.807, 2.05) is 24.3 Å². The van der Waals surface area contributed by atoms with E-state index in [-0.39, 0.29) is 17.4 Å². The number of nitrogens with zero attached hydrogens (tertiary/aromatic N) is 1. The van der Waals surface area contributed by atoms with Gasteiger partial charge < -0.3 is 5.11 Å². The summed E-state index contributed by atoms with van der Waals surface area (Å²) in [4.78, 5) is 4.08. The van der Waals surface area contributed by atoms with Gasteiger partial charge in [0.25, 0.3) is 0 Å². The smallest absolute Gasteiger partial charge is 0.150 e. The van der Waals surface area contributed by atoms with Crippen LogP contribution in [0.4, 0.5) is 0 Å². The molecule has 1 aliphatic rings. The number of sulfone groups is 1. The second kappa shape index (κ2) is 4.58. The Labute approximate surface area is 112 Å². The van der Waals surface area contributed by atoms with Gasteiger partial charge in [0.05, 0.1) is 17.6 Å². The molecule has 2 heterocycles. The number of aromatic nitrogens is 1. The van der Waals surface area contributed by atoms with Gasteiger partial charge in [0.1, 0.15) is 0 Å². The number of aliphatic hydroxyl groups excluding tert-OH is 1. The standard InChI is InChI=1S/C14H15NO3S/c16-14(11-5-7-19(17,18)9-11)12-3-1-2-10-4-6-15-8-13(10)12/h1-4,6,8,11,14,16H,5,7,9H2. The Kier molecular flexibility index (Phi) is 3.03. The van der Waals surface area contributed by atoms with Gasteiger partial charge in [-0.1, -0.05) is 18.2 Å². The minimum Gasteiger partial charge on any atom is -0.388 e. The van der Waals surface area contributed by atoms with E-state index in [1.54, 1.807) is 12.4 Å². The fraction of sp³-hybridized carbons (Fsp3) is 0.357. The second-order valence-electron chi connectivity index (χ2n) is 5.05. The number of hydrogen-bond acceptors (Lipinski definition) is 4. The van der Waals surface area contributed by atoms with Crippen LogP contribution < -0.4 is 0 Å². The summed E-state index contributed by atoms with van der Waals surface area (Å²) in [6, 6.07) is 7.57. The Morgan fingerprint density at radius 2 is 2.16 bits per heavy atom. The minimum absolute atomic E-state index is 0.0742. The highest BCUT2D eigenvalue weighted by Gasteiger charge is 2.34. The van der Waals surface area contributed by atoms with Gasteiger partial charge in [0.15, 0.2) is 9.84 Å². The van der Waals surface area contributed by atoms with Crippen molar-refractivity contribution < 1.29 is 13.5 Å². The molecule has 3 rings (SSSR count). The average Bonchev–Trinajstić information content (AvgIpc) is 2.78. The largest absolute Gasteiger partial charge is 0.388 e. The molecule has 1 saturated heterocycles. The van der Waals surface area contributed by atoms with Gasteiger partial charge in [-0.2, -0.15) is 0 Å². The molecule has 100 valence electrons. The van der Waals surface area contributed by atoms with E-state index >= 15 is 0 Å². The monoisotopic (exact) mass is 277 g/mol. The molecule has 5 heteroatoms. The van der Waals surface area contributed by atoms with Crippen molar-refractivity contribution in [2.75, 3.05) is 11.5 Å². The number of hydrogen-bond donors (Lipinski definition) is 1. The van der Waals surface area contributed by atoms with Crippen molar-refractivity contribution in [1.82, 2.24) is 4.98 Å². The Morgan fingerprint density at radius 1 is 1.32 bits per heavy atom. The lowest BCUT2D eigenvalue weighted by Crippen LogP contribution is -2.14. The molecule has 2 atom stereocenters. The third-order valence-electron chi connectivity index (χ3n) is 3.75. The molecule has 1 aliphatic heterocycles. The summed E-state index contributed by atoms with van der Waals surface area (Å²) in [5.41, 5.74) is 0.771. The molecule has 4 nitrogen and oxygen atoms in total. The summed E-state index contributed by atoms with van der Waals surface area (Å²) in [7, 11) is -2.98. The number of benzene rings is 1. The molecule has 2 aromatic rings. The molecule has 1 aromatic heterocycles. The van der Waals surface area contributed by atoms with Crippen LogP contribution in [0.3, 0.4) is 0 Å². The third-order valence-corrected chi connectivity index (χ3v) is 5.54. The van der Waals surface area contributed by atoms with E-state index in [1.165, 1.54) is 0 Å². The van der Waals surface area contributed by atoms with Gasteiger partial charge in [-0.25, -0.2) is 8.42 Å². The van der Waals surface area contributed by atoms with Gasteiger partial charge in [-0.3, -0.25) is 4.98 Å². The van der Waals surface area contributed by atoms with Crippen LogP contribution in [0.2, 0.25) is 0 Å². The average molecular weight is 277 g/mol. The van der Waals surface area contributed by atoms with Gasteiger partial charge in [-0.15, -0.1) is 0 Å². The summed E-state index contributed by atoms with van der Waals surface area (Å²) in [5, 5.41) is 12.4. The van der Waals surface area contributed by atoms with Crippen molar-refractivity contribution in [3.63, 3.8) is 0 Å². The maximum atomic E-state index is 11.5. The van der Waals surface area contributed by atoms with Gasteiger partial charge in [-0.05, 0) is 23.4 Å². The molecule has 0 amide bonds. The summed E-state index contributed by atoms with van der Waals surface area (Å²) in [6.07, 6.45) is 3.21. The van der Waals surface area contributed by atoms with Crippen LogP contribution >= 0.6 is 0 Å². The van der Waals surface area contributed by atoms with Crippen LogP contribution in [0.1, 0.15) is 18.1 Å². The van der Waals surface area contributed by atoms with E-state index in [2.05, 4.69) is 4.98 Å². The highest BCUT2D eigenvalue weighted by Crippen LogP contribution is 2.34. The van der Waals surface area contributed by atoms with Gasteiger partial charge >= 0.3 is 0 Å². The van der Waals surface area contributed by atoms with Gasteiger partial charge in [0.2, 0.25) is 0 Å². The van der Waals surface area contributed by atoms with Crippen molar-refractivity contribution in [2.45, 2.75) is 12.5 Å². The van der Waals surface area contributed by atoms with Crippen LogP contribution in [0.5, 0.6) is 0 Å². The van der Waals surface area contributed by atoms with Crippen LogP contribution in [0, 0.1) is 5.92 Å². The van der Waals surface area contributed by atoms with Crippen LogP contribution in [-0.4, -0.2) is 30.0 Å². The zero-order chi connectivity index (χ0) is 13.5. The highest BCUT2D eigenvalue weighted by atomic mass is 32.2. The summed E-state index contributed by atoms with van der Waals surface area (Å²) < 4.78 is 23.0. The number of pyridine rings is 1. The third kappa shape index (κ3) is 2.35. The molecule has 1 N–H and O–H groups in total. The summed E-state index contributed by atoms with van der Waals surface area (Å²) in [5.74, 6) is 0.0403. The molecule has 0 spiro atoms. The van der Waals surface area contributed by atoms with Crippen molar-refractivity contribution in [3.8, 4) is 0 Å². The van der Waals surface area contributed by atoms with Crippen LogP contribution in [-0.2, 0) is 9.84 Å². The second-order valence-corrected chi connectivity index (χ2v) is 7.28. The molecule has 1 aromatic carbocycles. The van der Waals surface area contributed by atoms with E-state index in [9.17, 15) is 13.5 Å². The van der Waals surface area contributed by atoms with Crippen LogP contribution in [0.25, 0.3) is 10.8 Å². The van der Waals surface area contributed by atoms with Crippen molar-refractivity contribution in [3.05, 3.63) is 42.2 Å². The van der Waals surface area contributed by atoms with E-state index < -0.39 is 15.9 Å². The topological polar surface area (TPSA) is 67.3 Å². The zero-order valence-corrected chi connectivity index (χ0v) is 11.2. The minimum atomic E-state index is -2.98. The Balaban J connectivity index is 2.00. The molecule has 0 saturated carbocycles. The van der Waals surface area contributed by atoms with Crippen molar-refractivity contribution in [1.29, 1.82) is 0 Å². The van der Waals surface area contributed by atoms with E-state index in [4.69, 9.17) is 0 Å². The zero-order valence-electron chi connectivity index (χ0n) is 10.4. The van der Waals surface area contributed by atoms with E-state index in [0.29, 0.717) is 6.42 Å². The molecule has 19 heavy (non-hydrogen) atoms. The molecule has 0 aliphatic carbocycles. The molecule has 1 fully saturated rings. The van der Waals surface area contributed by atoms with E-state index in [0.717, 1.165) is 16.3 Å². The molecular formula is C14H15NO3S. The van der Waals surface area contributed by atoms with Gasteiger partial charge in [0, 0.05) is 23.7 Å². The lowest BCUT2D eigenvalue weighted by molar-refractivity contribution is 0.122. The Hall–Kier alpha value is -1.46. The lowest BCUT2D eigenvalue weighted by atomic mass is 9.92. The molecule has 0 radical (unpaired) electrons. The Bertz CT molecular complexity index is 706. The fourth-order valence-electron chi connectivity index (χ4n) is 2.72. The first-order valence-corrected chi connectivity index (χ1v) is 8.10. The lowest BCUT2D eigenvalue weighted by Gasteiger charge is -2.18. The number of fused-ring (bicyclic) bond motifs is 1. The maximum absolute atomic E-state index is 11.5. The van der Waals surface area contributed by atoms with Crippen molar-refractivity contribution >= 4 is 20.6 Å². The molecular weight excluding hydrogens is 262 g/mol. The quantitative estimate of drug-likeness (QED) is 0.907. The normalized spacial score (nSPS) is 23.5. The molecule has 2 unspecified atom stereocenters. The molecule has 0 bridgehead atoms.